The summed E-state index contributed by atoms with van der Waals surface area (Å²) in [5.74, 6) is 0.579. The number of ether oxygens (including phenoxy) is 1. The second-order valence-electron chi connectivity index (χ2n) is 4.43. The minimum absolute atomic E-state index is 0.0276. The van der Waals surface area contributed by atoms with E-state index in [1.54, 1.807) is 13.3 Å². The molecule has 0 fully saturated rings. The van der Waals surface area contributed by atoms with Crippen LogP contribution in [0.4, 0.5) is 0 Å². The SMILES string of the molecule is COc1ncccc1CNC(=O)CCc1ccccc1. The summed E-state index contributed by atoms with van der Waals surface area (Å²) >= 11 is 0. The van der Waals surface area contributed by atoms with Crippen LogP contribution in [0.25, 0.3) is 0 Å². The van der Waals surface area contributed by atoms with Crippen molar-refractivity contribution >= 4 is 5.91 Å². The molecule has 2 aromatic rings. The van der Waals surface area contributed by atoms with Crippen molar-refractivity contribution in [3.63, 3.8) is 0 Å². The van der Waals surface area contributed by atoms with Gasteiger partial charge in [0.25, 0.3) is 0 Å². The molecule has 0 bridgehead atoms. The molecule has 1 aromatic carbocycles. The van der Waals surface area contributed by atoms with Gasteiger partial charge in [-0.05, 0) is 18.1 Å². The Labute approximate surface area is 118 Å². The van der Waals surface area contributed by atoms with Gasteiger partial charge in [0.2, 0.25) is 11.8 Å². The molecule has 1 N–H and O–H groups in total. The van der Waals surface area contributed by atoms with Gasteiger partial charge in [0.15, 0.2) is 0 Å². The standard InChI is InChI=1S/C16H18N2O2/c1-20-16-14(8-5-11-17-16)12-18-15(19)10-9-13-6-3-2-4-7-13/h2-8,11H,9-10,12H2,1H3,(H,18,19). The van der Waals surface area contributed by atoms with Crippen molar-refractivity contribution in [1.29, 1.82) is 0 Å². The number of hydrogen-bond donors (Lipinski definition) is 1. The van der Waals surface area contributed by atoms with Crippen molar-refractivity contribution in [2.75, 3.05) is 7.11 Å². The Morgan fingerprint density at radius 1 is 1.20 bits per heavy atom. The second kappa shape index (κ2) is 7.28. The van der Waals surface area contributed by atoms with Crippen LogP contribution in [-0.4, -0.2) is 18.0 Å². The van der Waals surface area contributed by atoms with Gasteiger partial charge in [0, 0.05) is 24.7 Å². The molecular formula is C16H18N2O2. The average Bonchev–Trinajstić information content (AvgIpc) is 2.52. The van der Waals surface area contributed by atoms with Gasteiger partial charge in [-0.3, -0.25) is 4.79 Å². The van der Waals surface area contributed by atoms with Crippen LogP contribution in [0.5, 0.6) is 5.88 Å². The molecule has 0 aliphatic rings. The molecule has 104 valence electrons. The van der Waals surface area contributed by atoms with E-state index in [9.17, 15) is 4.79 Å². The average molecular weight is 270 g/mol. The van der Waals surface area contributed by atoms with Crippen LogP contribution >= 0.6 is 0 Å². The molecule has 2 rings (SSSR count). The molecule has 1 amide bonds. The number of benzene rings is 1. The van der Waals surface area contributed by atoms with E-state index in [0.717, 1.165) is 12.0 Å². The zero-order valence-corrected chi connectivity index (χ0v) is 11.5. The van der Waals surface area contributed by atoms with Gasteiger partial charge in [-0.2, -0.15) is 0 Å². The zero-order chi connectivity index (χ0) is 14.2. The molecule has 0 radical (unpaired) electrons. The van der Waals surface area contributed by atoms with Crippen molar-refractivity contribution < 1.29 is 9.53 Å². The highest BCUT2D eigenvalue weighted by atomic mass is 16.5. The Morgan fingerprint density at radius 2 is 2.00 bits per heavy atom. The van der Waals surface area contributed by atoms with Crippen LogP contribution in [0.1, 0.15) is 17.5 Å². The Morgan fingerprint density at radius 3 is 2.75 bits per heavy atom. The molecule has 4 heteroatoms. The van der Waals surface area contributed by atoms with Crippen LogP contribution in [0.15, 0.2) is 48.7 Å². The van der Waals surface area contributed by atoms with Crippen LogP contribution in [0, 0.1) is 0 Å². The third-order valence-electron chi connectivity index (χ3n) is 3.00. The van der Waals surface area contributed by atoms with E-state index in [1.807, 2.05) is 42.5 Å². The van der Waals surface area contributed by atoms with E-state index in [2.05, 4.69) is 10.3 Å². The summed E-state index contributed by atoms with van der Waals surface area (Å²) < 4.78 is 5.14. The lowest BCUT2D eigenvalue weighted by Crippen LogP contribution is -2.23. The number of carbonyl (C=O) groups excluding carboxylic acids is 1. The molecule has 0 aliphatic carbocycles. The third kappa shape index (κ3) is 4.09. The highest BCUT2D eigenvalue weighted by molar-refractivity contribution is 5.76. The molecule has 20 heavy (non-hydrogen) atoms. The monoisotopic (exact) mass is 270 g/mol. The van der Waals surface area contributed by atoms with Crippen molar-refractivity contribution in [3.8, 4) is 5.88 Å². The fourth-order valence-electron chi connectivity index (χ4n) is 1.93. The number of methoxy groups -OCH3 is 1. The summed E-state index contributed by atoms with van der Waals surface area (Å²) in [5.41, 5.74) is 2.05. The number of nitrogens with one attached hydrogen (secondary N) is 1. The first-order valence-electron chi connectivity index (χ1n) is 6.58. The number of nitrogens with zero attached hydrogens (tertiary/aromatic N) is 1. The molecule has 1 aromatic heterocycles. The summed E-state index contributed by atoms with van der Waals surface area (Å²) in [7, 11) is 1.57. The topological polar surface area (TPSA) is 51.2 Å². The number of aromatic nitrogens is 1. The highest BCUT2D eigenvalue weighted by Crippen LogP contribution is 2.12. The van der Waals surface area contributed by atoms with Crippen molar-refractivity contribution in [3.05, 3.63) is 59.8 Å². The van der Waals surface area contributed by atoms with E-state index in [0.29, 0.717) is 18.8 Å². The third-order valence-corrected chi connectivity index (χ3v) is 3.00. The highest BCUT2D eigenvalue weighted by Gasteiger charge is 2.06. The molecule has 1 heterocycles. The fourth-order valence-corrected chi connectivity index (χ4v) is 1.93. The zero-order valence-electron chi connectivity index (χ0n) is 11.5. The maximum absolute atomic E-state index is 11.8. The lowest BCUT2D eigenvalue weighted by atomic mass is 10.1. The normalized spacial score (nSPS) is 10.1. The Bertz CT molecular complexity index is 555. The molecule has 0 saturated carbocycles. The summed E-state index contributed by atoms with van der Waals surface area (Å²) in [5, 5.41) is 2.88. The molecule has 0 atom stereocenters. The van der Waals surface area contributed by atoms with Crippen molar-refractivity contribution in [2.24, 2.45) is 0 Å². The number of amides is 1. The van der Waals surface area contributed by atoms with Crippen molar-refractivity contribution in [1.82, 2.24) is 10.3 Å². The maximum Gasteiger partial charge on any atom is 0.220 e. The van der Waals surface area contributed by atoms with Gasteiger partial charge in [-0.1, -0.05) is 36.4 Å². The van der Waals surface area contributed by atoms with Gasteiger partial charge < -0.3 is 10.1 Å². The van der Waals surface area contributed by atoms with Gasteiger partial charge in [-0.25, -0.2) is 4.98 Å². The number of carbonyl (C=O) groups is 1. The number of rotatable bonds is 6. The summed E-state index contributed by atoms with van der Waals surface area (Å²) in [6.07, 6.45) is 2.89. The summed E-state index contributed by atoms with van der Waals surface area (Å²) in [6, 6.07) is 13.7. The first kappa shape index (κ1) is 14.1. The summed E-state index contributed by atoms with van der Waals surface area (Å²) in [4.78, 5) is 15.9. The summed E-state index contributed by atoms with van der Waals surface area (Å²) in [6.45, 7) is 0.435. The van der Waals surface area contributed by atoms with Gasteiger partial charge >= 0.3 is 0 Å². The Kier molecular flexibility index (Phi) is 5.12. The quantitative estimate of drug-likeness (QED) is 0.876. The Balaban J connectivity index is 1.80. The predicted molar refractivity (Wildman–Crippen MR) is 77.4 cm³/mol. The molecule has 0 unspecified atom stereocenters. The first-order valence-corrected chi connectivity index (χ1v) is 6.58. The minimum atomic E-state index is 0.0276. The van der Waals surface area contributed by atoms with Gasteiger partial charge in [0.05, 0.1) is 7.11 Å². The van der Waals surface area contributed by atoms with Crippen LogP contribution < -0.4 is 10.1 Å². The van der Waals surface area contributed by atoms with E-state index in [-0.39, 0.29) is 5.91 Å². The second-order valence-corrected chi connectivity index (χ2v) is 4.43. The van der Waals surface area contributed by atoms with Crippen LogP contribution in [0.2, 0.25) is 0 Å². The largest absolute Gasteiger partial charge is 0.481 e. The minimum Gasteiger partial charge on any atom is -0.481 e. The van der Waals surface area contributed by atoms with Gasteiger partial charge in [-0.15, -0.1) is 0 Å². The lowest BCUT2D eigenvalue weighted by molar-refractivity contribution is -0.121. The first-order chi connectivity index (χ1) is 9.79. The van der Waals surface area contributed by atoms with Crippen molar-refractivity contribution in [2.45, 2.75) is 19.4 Å². The van der Waals surface area contributed by atoms with E-state index in [1.165, 1.54) is 5.56 Å². The number of hydrogen-bond acceptors (Lipinski definition) is 3. The van der Waals surface area contributed by atoms with E-state index in [4.69, 9.17) is 4.74 Å². The number of pyridine rings is 1. The fraction of sp³-hybridized carbons (Fsp3) is 0.250. The van der Waals surface area contributed by atoms with Crippen LogP contribution in [0.3, 0.4) is 0 Å². The van der Waals surface area contributed by atoms with E-state index < -0.39 is 0 Å². The molecule has 0 spiro atoms. The smallest absolute Gasteiger partial charge is 0.220 e. The Hall–Kier alpha value is -2.36. The van der Waals surface area contributed by atoms with Crippen LogP contribution in [-0.2, 0) is 17.8 Å². The molecular weight excluding hydrogens is 252 g/mol. The van der Waals surface area contributed by atoms with E-state index >= 15 is 0 Å². The molecule has 4 nitrogen and oxygen atoms in total. The lowest BCUT2D eigenvalue weighted by Gasteiger charge is -2.08. The molecule has 0 aliphatic heterocycles. The number of aryl methyl sites for hydroxylation is 1. The predicted octanol–water partition coefficient (Wildman–Crippen LogP) is 2.34. The maximum atomic E-state index is 11.8. The van der Waals surface area contributed by atoms with Gasteiger partial charge in [0.1, 0.15) is 0 Å². The molecule has 0 saturated heterocycles.